The molecule has 170 valence electrons. The Morgan fingerprint density at radius 3 is 2.55 bits per heavy atom. The van der Waals surface area contributed by atoms with Gasteiger partial charge in [-0.3, -0.25) is 19.3 Å². The van der Waals surface area contributed by atoms with Crippen LogP contribution in [0.4, 0.5) is 5.69 Å². The highest BCUT2D eigenvalue weighted by molar-refractivity contribution is 5.98. The van der Waals surface area contributed by atoms with Crippen molar-refractivity contribution in [3.8, 4) is 11.5 Å². The van der Waals surface area contributed by atoms with Gasteiger partial charge in [-0.15, -0.1) is 0 Å². The van der Waals surface area contributed by atoms with Crippen molar-refractivity contribution in [2.75, 3.05) is 72.4 Å². The van der Waals surface area contributed by atoms with Gasteiger partial charge in [-0.1, -0.05) is 0 Å². The molecule has 10 heteroatoms. The van der Waals surface area contributed by atoms with Crippen LogP contribution in [-0.2, 0) is 14.4 Å². The van der Waals surface area contributed by atoms with Crippen LogP contribution in [-0.4, -0.2) is 106 Å². The lowest BCUT2D eigenvalue weighted by molar-refractivity contribution is -0.145. The van der Waals surface area contributed by atoms with E-state index in [0.29, 0.717) is 30.3 Å². The summed E-state index contributed by atoms with van der Waals surface area (Å²) < 4.78 is 10.5. The summed E-state index contributed by atoms with van der Waals surface area (Å²) in [5, 5.41) is 5.53. The van der Waals surface area contributed by atoms with Gasteiger partial charge in [0.25, 0.3) is 0 Å². The largest absolute Gasteiger partial charge is 0.497 e. The lowest BCUT2D eigenvalue weighted by Gasteiger charge is -2.37. The highest BCUT2D eigenvalue weighted by Crippen LogP contribution is 2.29. The number of amides is 3. The average molecular weight is 434 g/mol. The third kappa shape index (κ3) is 5.86. The zero-order chi connectivity index (χ0) is 22.4. The molecule has 0 bridgehead atoms. The first kappa shape index (κ1) is 22.8. The van der Waals surface area contributed by atoms with Crippen LogP contribution in [0, 0.1) is 0 Å². The summed E-state index contributed by atoms with van der Waals surface area (Å²) in [7, 11) is 5.09. The van der Waals surface area contributed by atoms with Crippen molar-refractivity contribution >= 4 is 23.4 Å². The molecule has 0 saturated carbocycles. The van der Waals surface area contributed by atoms with Crippen LogP contribution in [0.15, 0.2) is 18.2 Å². The van der Waals surface area contributed by atoms with Gasteiger partial charge in [-0.05, 0) is 19.2 Å². The number of nitrogens with zero attached hydrogens (tertiary/aromatic N) is 3. The fourth-order valence-corrected chi connectivity index (χ4v) is 3.79. The first-order valence-corrected chi connectivity index (χ1v) is 10.4. The number of methoxy groups -OCH3 is 2. The maximum absolute atomic E-state index is 12.9. The van der Waals surface area contributed by atoms with E-state index in [1.54, 1.807) is 18.2 Å². The van der Waals surface area contributed by atoms with Crippen LogP contribution in [0.1, 0.15) is 6.42 Å². The van der Waals surface area contributed by atoms with Gasteiger partial charge in [-0.2, -0.15) is 0 Å². The fourth-order valence-electron chi connectivity index (χ4n) is 3.79. The van der Waals surface area contributed by atoms with Crippen LogP contribution in [0.2, 0.25) is 0 Å². The SMILES string of the molecule is COc1ccc(OC)c(NC(=O)C[C@@H]2C(=O)NCCN2C(=O)CN2CCN(C)CC2)c1. The number of anilines is 1. The standard InChI is InChI=1S/C21H31N5O5/c1-24-8-10-25(11-9-24)14-20(28)26-7-6-22-21(29)17(26)13-19(27)23-16-12-15(30-2)4-5-18(16)31-3/h4-5,12,17H,6-11,13-14H2,1-3H3,(H,22,29)(H,23,27)/t17-/m1/s1. The van der Waals surface area contributed by atoms with Crippen molar-refractivity contribution in [3.05, 3.63) is 18.2 Å². The summed E-state index contributed by atoms with van der Waals surface area (Å²) >= 11 is 0. The highest BCUT2D eigenvalue weighted by atomic mass is 16.5. The van der Waals surface area contributed by atoms with Gasteiger partial charge >= 0.3 is 0 Å². The molecule has 3 rings (SSSR count). The van der Waals surface area contributed by atoms with Crippen LogP contribution in [0.3, 0.4) is 0 Å². The number of nitrogens with one attached hydrogen (secondary N) is 2. The fraction of sp³-hybridized carbons (Fsp3) is 0.571. The molecule has 0 spiro atoms. The van der Waals surface area contributed by atoms with E-state index in [9.17, 15) is 14.4 Å². The van der Waals surface area contributed by atoms with Crippen LogP contribution < -0.4 is 20.1 Å². The van der Waals surface area contributed by atoms with Crippen molar-refractivity contribution in [3.63, 3.8) is 0 Å². The van der Waals surface area contributed by atoms with Gasteiger partial charge in [0.05, 0.1) is 32.9 Å². The Labute approximate surface area is 182 Å². The second kappa shape index (κ2) is 10.5. The lowest BCUT2D eigenvalue weighted by Crippen LogP contribution is -2.60. The molecule has 1 aromatic carbocycles. The number of hydrogen-bond donors (Lipinski definition) is 2. The number of rotatable bonds is 7. The first-order valence-electron chi connectivity index (χ1n) is 10.4. The Morgan fingerprint density at radius 2 is 1.87 bits per heavy atom. The molecular formula is C21H31N5O5. The number of carbonyl (C=O) groups is 3. The Balaban J connectivity index is 1.65. The Kier molecular flexibility index (Phi) is 7.69. The normalized spacial score (nSPS) is 20.2. The summed E-state index contributed by atoms with van der Waals surface area (Å²) in [6.07, 6.45) is -0.138. The summed E-state index contributed by atoms with van der Waals surface area (Å²) in [6.45, 7) is 4.45. The van der Waals surface area contributed by atoms with E-state index in [-0.39, 0.29) is 30.7 Å². The van der Waals surface area contributed by atoms with Crippen LogP contribution >= 0.6 is 0 Å². The molecule has 2 heterocycles. The number of carbonyl (C=O) groups excluding carboxylic acids is 3. The van der Waals surface area contributed by atoms with Crippen molar-refractivity contribution < 1.29 is 23.9 Å². The highest BCUT2D eigenvalue weighted by Gasteiger charge is 2.35. The molecule has 0 aliphatic carbocycles. The van der Waals surface area contributed by atoms with Crippen molar-refractivity contribution in [2.45, 2.75) is 12.5 Å². The molecule has 2 saturated heterocycles. The summed E-state index contributed by atoms with van der Waals surface area (Å²) in [4.78, 5) is 44.0. The molecule has 31 heavy (non-hydrogen) atoms. The third-order valence-corrected chi connectivity index (χ3v) is 5.67. The van der Waals surface area contributed by atoms with E-state index in [0.717, 1.165) is 26.2 Å². The predicted octanol–water partition coefficient (Wildman–Crippen LogP) is -0.393. The molecule has 3 amide bonds. The van der Waals surface area contributed by atoms with Gasteiger partial charge in [0.2, 0.25) is 17.7 Å². The molecule has 1 atom stereocenters. The summed E-state index contributed by atoms with van der Waals surface area (Å²) in [6, 6.07) is 4.22. The van der Waals surface area contributed by atoms with Crippen molar-refractivity contribution in [1.82, 2.24) is 20.0 Å². The monoisotopic (exact) mass is 433 g/mol. The van der Waals surface area contributed by atoms with Gasteiger partial charge < -0.3 is 29.9 Å². The van der Waals surface area contributed by atoms with Crippen LogP contribution in [0.5, 0.6) is 11.5 Å². The quantitative estimate of drug-likeness (QED) is 0.604. The number of piperazine rings is 2. The smallest absolute Gasteiger partial charge is 0.243 e. The molecule has 2 aliphatic rings. The molecule has 0 aromatic heterocycles. The minimum absolute atomic E-state index is 0.129. The van der Waals surface area contributed by atoms with E-state index in [4.69, 9.17) is 9.47 Å². The van der Waals surface area contributed by atoms with E-state index >= 15 is 0 Å². The van der Waals surface area contributed by atoms with E-state index < -0.39 is 6.04 Å². The Hall–Kier alpha value is -2.85. The molecule has 2 fully saturated rings. The zero-order valence-corrected chi connectivity index (χ0v) is 18.3. The molecular weight excluding hydrogens is 402 g/mol. The maximum Gasteiger partial charge on any atom is 0.243 e. The van der Waals surface area contributed by atoms with Crippen LogP contribution in [0.25, 0.3) is 0 Å². The molecule has 1 aromatic rings. The minimum Gasteiger partial charge on any atom is -0.497 e. The zero-order valence-electron chi connectivity index (χ0n) is 18.3. The maximum atomic E-state index is 12.9. The number of ether oxygens (including phenoxy) is 2. The first-order chi connectivity index (χ1) is 14.9. The van der Waals surface area contributed by atoms with Gasteiger partial charge in [0.15, 0.2) is 0 Å². The number of likely N-dealkylation sites (N-methyl/N-ethyl adjacent to an activating group) is 1. The van der Waals surface area contributed by atoms with Crippen molar-refractivity contribution in [1.29, 1.82) is 0 Å². The van der Waals surface area contributed by atoms with Gasteiger partial charge in [-0.25, -0.2) is 0 Å². The molecule has 2 aliphatic heterocycles. The summed E-state index contributed by atoms with van der Waals surface area (Å²) in [5.74, 6) is 0.216. The lowest BCUT2D eigenvalue weighted by atomic mass is 10.1. The second-order valence-electron chi connectivity index (χ2n) is 7.79. The number of hydrogen-bond acceptors (Lipinski definition) is 7. The predicted molar refractivity (Wildman–Crippen MR) is 115 cm³/mol. The molecule has 2 N–H and O–H groups in total. The topological polar surface area (TPSA) is 103 Å². The van der Waals surface area contributed by atoms with E-state index in [1.807, 2.05) is 0 Å². The van der Waals surface area contributed by atoms with E-state index in [1.165, 1.54) is 19.1 Å². The van der Waals surface area contributed by atoms with E-state index in [2.05, 4.69) is 27.5 Å². The number of benzene rings is 1. The van der Waals surface area contributed by atoms with Crippen molar-refractivity contribution in [2.24, 2.45) is 0 Å². The Morgan fingerprint density at radius 1 is 1.13 bits per heavy atom. The molecule has 10 nitrogen and oxygen atoms in total. The summed E-state index contributed by atoms with van der Waals surface area (Å²) in [5.41, 5.74) is 0.443. The molecule has 0 radical (unpaired) electrons. The van der Waals surface area contributed by atoms with Gasteiger partial charge in [0, 0.05) is 45.3 Å². The molecule has 0 unspecified atom stereocenters. The van der Waals surface area contributed by atoms with Gasteiger partial charge in [0.1, 0.15) is 17.5 Å². The second-order valence-corrected chi connectivity index (χ2v) is 7.79. The minimum atomic E-state index is -0.842. The average Bonchev–Trinajstić information content (AvgIpc) is 2.76. The Bertz CT molecular complexity index is 809. The third-order valence-electron chi connectivity index (χ3n) is 5.67.